The molecule has 8 heteroatoms. The van der Waals surface area contributed by atoms with E-state index >= 15 is 0 Å². The van der Waals surface area contributed by atoms with Crippen LogP contribution in [0.15, 0.2) is 11.6 Å². The van der Waals surface area contributed by atoms with Crippen LogP contribution in [0.1, 0.15) is 71.6 Å². The van der Waals surface area contributed by atoms with Gasteiger partial charge in [-0.2, -0.15) is 0 Å². The SMILES string of the molecule is C[C@]12CCC(=O)C=C1CCC1C2C(O)C[C@]2(C)C1CC[C@@H]2C(=O)COC(=O)CCC(=O)[O-].[Na+]. The molecule has 0 bridgehead atoms. The molecule has 4 unspecified atom stereocenters. The van der Waals surface area contributed by atoms with Crippen LogP contribution < -0.4 is 34.7 Å². The number of fused-ring (bicyclic) bond motifs is 5. The van der Waals surface area contributed by atoms with E-state index in [4.69, 9.17) is 4.74 Å². The molecule has 4 aliphatic rings. The molecule has 7 atom stereocenters. The minimum Gasteiger partial charge on any atom is -0.550 e. The number of allylic oxidation sites excluding steroid dienone is 1. The minimum atomic E-state index is -1.33. The van der Waals surface area contributed by atoms with Crippen LogP contribution in [-0.2, 0) is 23.9 Å². The van der Waals surface area contributed by atoms with Crippen LogP contribution in [0.2, 0.25) is 0 Å². The van der Waals surface area contributed by atoms with Crippen LogP contribution in [0.4, 0.5) is 0 Å². The summed E-state index contributed by atoms with van der Waals surface area (Å²) in [6.45, 7) is 3.95. The Morgan fingerprint density at radius 1 is 1.15 bits per heavy atom. The molecular formula is C25H33NaO7. The Kier molecular flexibility index (Phi) is 7.99. The molecule has 7 nitrogen and oxygen atoms in total. The van der Waals surface area contributed by atoms with E-state index in [1.54, 1.807) is 0 Å². The number of esters is 1. The molecule has 0 spiro atoms. The number of Topliss-reactive ketones (excluding diaryl/α,β-unsaturated/α-hetero) is 1. The third kappa shape index (κ3) is 4.75. The summed E-state index contributed by atoms with van der Waals surface area (Å²) in [5.41, 5.74) is 0.678. The number of ether oxygens (including phenoxy) is 1. The summed E-state index contributed by atoms with van der Waals surface area (Å²) < 4.78 is 5.04. The van der Waals surface area contributed by atoms with Crippen molar-refractivity contribution in [1.82, 2.24) is 0 Å². The van der Waals surface area contributed by atoms with Gasteiger partial charge in [-0.05, 0) is 79.6 Å². The van der Waals surface area contributed by atoms with E-state index in [0.29, 0.717) is 31.1 Å². The number of aliphatic hydroxyl groups is 1. The van der Waals surface area contributed by atoms with E-state index in [9.17, 15) is 29.4 Å². The average molecular weight is 469 g/mol. The topological polar surface area (TPSA) is 121 Å². The number of hydrogen-bond acceptors (Lipinski definition) is 7. The predicted octanol–water partition coefficient (Wildman–Crippen LogP) is -1.25. The third-order valence-electron chi connectivity index (χ3n) is 9.19. The van der Waals surface area contributed by atoms with E-state index in [1.165, 1.54) is 5.57 Å². The fourth-order valence-corrected chi connectivity index (χ4v) is 7.74. The van der Waals surface area contributed by atoms with Gasteiger partial charge in [-0.15, -0.1) is 0 Å². The zero-order valence-corrected chi connectivity index (χ0v) is 21.9. The Hall–Kier alpha value is -1.02. The predicted molar refractivity (Wildman–Crippen MR) is 112 cm³/mol. The fourth-order valence-electron chi connectivity index (χ4n) is 7.74. The van der Waals surface area contributed by atoms with E-state index in [2.05, 4.69) is 13.8 Å². The second-order valence-electron chi connectivity index (χ2n) is 10.8. The van der Waals surface area contributed by atoms with Gasteiger partial charge in [0, 0.05) is 18.3 Å². The van der Waals surface area contributed by atoms with Gasteiger partial charge in [-0.3, -0.25) is 14.4 Å². The number of hydrogen-bond donors (Lipinski definition) is 1. The van der Waals surface area contributed by atoms with Crippen molar-refractivity contribution in [2.45, 2.75) is 77.7 Å². The summed E-state index contributed by atoms with van der Waals surface area (Å²) in [5.74, 6) is -1.55. The van der Waals surface area contributed by atoms with Gasteiger partial charge >= 0.3 is 35.5 Å². The molecule has 1 N–H and O–H groups in total. The normalized spacial score (nSPS) is 39.3. The molecule has 3 fully saturated rings. The van der Waals surface area contributed by atoms with E-state index in [0.717, 1.165) is 25.7 Å². The summed E-state index contributed by atoms with van der Waals surface area (Å²) in [7, 11) is 0. The van der Waals surface area contributed by atoms with Gasteiger partial charge in [0.1, 0.15) is 6.61 Å². The number of carboxylic acids is 1. The van der Waals surface area contributed by atoms with Crippen molar-refractivity contribution in [2.24, 2.45) is 34.5 Å². The van der Waals surface area contributed by atoms with Crippen molar-refractivity contribution in [3.8, 4) is 0 Å². The van der Waals surface area contributed by atoms with E-state index in [-0.39, 0.29) is 76.8 Å². The molecule has 3 saturated carbocycles. The summed E-state index contributed by atoms with van der Waals surface area (Å²) in [6, 6.07) is 0. The Balaban J connectivity index is 0.00000306. The van der Waals surface area contributed by atoms with Crippen LogP contribution in [0.25, 0.3) is 0 Å². The first kappa shape index (κ1) is 26.6. The summed E-state index contributed by atoms with van der Waals surface area (Å²) in [6.07, 6.45) is 5.81. The number of carboxylic acid groups (broad SMARTS) is 1. The van der Waals surface area contributed by atoms with Gasteiger partial charge < -0.3 is 19.7 Å². The molecule has 0 radical (unpaired) electrons. The Morgan fingerprint density at radius 3 is 2.58 bits per heavy atom. The molecular weight excluding hydrogens is 435 g/mol. The number of rotatable bonds is 6. The van der Waals surface area contributed by atoms with E-state index in [1.807, 2.05) is 6.08 Å². The maximum Gasteiger partial charge on any atom is 1.00 e. The zero-order chi connectivity index (χ0) is 23.3. The van der Waals surface area contributed by atoms with Gasteiger partial charge in [0.05, 0.1) is 12.5 Å². The Labute approximate surface area is 217 Å². The van der Waals surface area contributed by atoms with Crippen molar-refractivity contribution < 1.29 is 63.7 Å². The summed E-state index contributed by atoms with van der Waals surface area (Å²) >= 11 is 0. The number of aliphatic hydroxyl groups excluding tert-OH is 1. The van der Waals surface area contributed by atoms with Gasteiger partial charge in [0.2, 0.25) is 0 Å². The maximum atomic E-state index is 13.0. The molecule has 0 aromatic carbocycles. The van der Waals surface area contributed by atoms with Crippen molar-refractivity contribution in [3.05, 3.63) is 11.6 Å². The summed E-state index contributed by atoms with van der Waals surface area (Å²) in [4.78, 5) is 47.2. The average Bonchev–Trinajstić information content (AvgIpc) is 3.07. The zero-order valence-electron chi connectivity index (χ0n) is 19.9. The quantitative estimate of drug-likeness (QED) is 0.382. The largest absolute Gasteiger partial charge is 1.00 e. The second-order valence-corrected chi connectivity index (χ2v) is 10.8. The number of carbonyl (C=O) groups is 4. The van der Waals surface area contributed by atoms with Crippen molar-refractivity contribution in [3.63, 3.8) is 0 Å². The van der Waals surface area contributed by atoms with Crippen molar-refractivity contribution in [2.75, 3.05) is 6.61 Å². The molecule has 0 aromatic heterocycles. The molecule has 4 rings (SSSR count). The maximum absolute atomic E-state index is 13.0. The van der Waals surface area contributed by atoms with Crippen LogP contribution in [0.5, 0.6) is 0 Å². The fraction of sp³-hybridized carbons (Fsp3) is 0.760. The third-order valence-corrected chi connectivity index (χ3v) is 9.19. The van der Waals surface area contributed by atoms with Gasteiger partial charge in [0.15, 0.2) is 11.6 Å². The van der Waals surface area contributed by atoms with Crippen LogP contribution in [0.3, 0.4) is 0 Å². The standard InChI is InChI=1S/C25H34O7.Na/c1-24-10-9-15(26)11-14(24)3-4-16-17-5-6-18(25(17,2)12-19(27)23(16)24)20(28)13-32-22(31)8-7-21(29)30;/h11,16-19,23,27H,3-10,12-13H2,1-2H3,(H,29,30);/q;+1/p-1/t16?,17?,18-,19?,23?,24+,25-;/m1./s1. The van der Waals surface area contributed by atoms with Crippen LogP contribution in [0, 0.1) is 34.5 Å². The number of ketones is 2. The van der Waals surface area contributed by atoms with Gasteiger partial charge in [-0.1, -0.05) is 19.4 Å². The first-order valence-corrected chi connectivity index (χ1v) is 11.9. The molecule has 0 saturated heterocycles. The molecule has 176 valence electrons. The van der Waals surface area contributed by atoms with Crippen molar-refractivity contribution >= 4 is 23.5 Å². The summed E-state index contributed by atoms with van der Waals surface area (Å²) in [5, 5.41) is 21.8. The smallest absolute Gasteiger partial charge is 0.550 e. The van der Waals surface area contributed by atoms with E-state index < -0.39 is 24.5 Å². The Bertz CT molecular complexity index is 867. The molecule has 0 aromatic rings. The van der Waals surface area contributed by atoms with Gasteiger partial charge in [-0.25, -0.2) is 0 Å². The molecule has 33 heavy (non-hydrogen) atoms. The number of carbonyl (C=O) groups excluding carboxylic acids is 4. The first-order valence-electron chi connectivity index (χ1n) is 11.9. The molecule has 4 aliphatic carbocycles. The van der Waals surface area contributed by atoms with Crippen LogP contribution >= 0.6 is 0 Å². The molecule has 0 amide bonds. The Morgan fingerprint density at radius 2 is 1.88 bits per heavy atom. The van der Waals surface area contributed by atoms with Crippen molar-refractivity contribution in [1.29, 1.82) is 0 Å². The number of aliphatic carboxylic acids is 1. The second kappa shape index (κ2) is 9.92. The molecule has 0 aliphatic heterocycles. The first-order chi connectivity index (χ1) is 15.1. The van der Waals surface area contributed by atoms with Gasteiger partial charge in [0.25, 0.3) is 0 Å². The van der Waals surface area contributed by atoms with Crippen LogP contribution in [-0.4, -0.2) is 41.3 Å². The monoisotopic (exact) mass is 468 g/mol. The molecule has 0 heterocycles. The minimum absolute atomic E-state index is 0.